The average Bonchev–Trinajstić information content (AvgIpc) is 3.16. The van der Waals surface area contributed by atoms with Crippen LogP contribution in [-0.4, -0.2) is 16.8 Å². The average molecular weight is 363 g/mol. The third-order valence-corrected chi connectivity index (χ3v) is 4.17. The summed E-state index contributed by atoms with van der Waals surface area (Å²) in [7, 11) is 0. The predicted octanol–water partition coefficient (Wildman–Crippen LogP) is 3.78. The molecule has 6 heteroatoms. The third-order valence-electron chi connectivity index (χ3n) is 4.17. The van der Waals surface area contributed by atoms with Crippen molar-refractivity contribution >= 4 is 17.5 Å². The first-order valence-electron chi connectivity index (χ1n) is 8.60. The number of aromatic nitrogens is 1. The van der Waals surface area contributed by atoms with Crippen molar-refractivity contribution in [2.75, 3.05) is 5.32 Å². The van der Waals surface area contributed by atoms with Gasteiger partial charge in [-0.2, -0.15) is 0 Å². The Morgan fingerprint density at radius 1 is 1.04 bits per heavy atom. The summed E-state index contributed by atoms with van der Waals surface area (Å²) in [6.45, 7) is 6.18. The minimum Gasteiger partial charge on any atom is -0.467 e. The molecule has 2 N–H and O–H groups in total. The van der Waals surface area contributed by atoms with Gasteiger partial charge in [0.25, 0.3) is 11.8 Å². The summed E-state index contributed by atoms with van der Waals surface area (Å²) in [5.41, 5.74) is 4.40. The zero-order valence-electron chi connectivity index (χ0n) is 15.5. The van der Waals surface area contributed by atoms with Crippen LogP contribution in [0.15, 0.2) is 53.3 Å². The summed E-state index contributed by atoms with van der Waals surface area (Å²) in [4.78, 5) is 29.0. The molecular weight excluding hydrogens is 342 g/mol. The molecule has 138 valence electrons. The topological polar surface area (TPSA) is 84.2 Å². The van der Waals surface area contributed by atoms with Gasteiger partial charge in [-0.25, -0.2) is 0 Å². The van der Waals surface area contributed by atoms with Gasteiger partial charge >= 0.3 is 0 Å². The second-order valence-corrected chi connectivity index (χ2v) is 6.42. The smallest absolute Gasteiger partial charge is 0.274 e. The fourth-order valence-electron chi connectivity index (χ4n) is 2.93. The molecule has 1 aromatic carbocycles. The minimum absolute atomic E-state index is 0.181. The first kappa shape index (κ1) is 18.4. The Hall–Kier alpha value is -3.41. The van der Waals surface area contributed by atoms with E-state index in [1.807, 2.05) is 32.9 Å². The van der Waals surface area contributed by atoms with E-state index in [0.29, 0.717) is 11.3 Å². The Morgan fingerprint density at radius 2 is 1.78 bits per heavy atom. The number of carbonyl (C=O) groups is 2. The van der Waals surface area contributed by atoms with Gasteiger partial charge in [-0.05, 0) is 56.2 Å². The van der Waals surface area contributed by atoms with Gasteiger partial charge in [-0.1, -0.05) is 17.7 Å². The van der Waals surface area contributed by atoms with Crippen LogP contribution in [0.25, 0.3) is 0 Å². The monoisotopic (exact) mass is 363 g/mol. The maximum absolute atomic E-state index is 12.6. The maximum atomic E-state index is 12.6. The summed E-state index contributed by atoms with van der Waals surface area (Å²) in [5.74, 6) is -0.00280. The van der Waals surface area contributed by atoms with E-state index in [2.05, 4.69) is 15.6 Å². The maximum Gasteiger partial charge on any atom is 0.274 e. The zero-order valence-corrected chi connectivity index (χ0v) is 15.5. The Labute approximate surface area is 157 Å². The van der Waals surface area contributed by atoms with E-state index in [-0.39, 0.29) is 24.1 Å². The molecular formula is C21H21N3O3. The highest BCUT2D eigenvalue weighted by Gasteiger charge is 2.14. The lowest BCUT2D eigenvalue weighted by Crippen LogP contribution is -2.23. The van der Waals surface area contributed by atoms with Crippen molar-refractivity contribution in [3.63, 3.8) is 0 Å². The molecule has 0 atom stereocenters. The molecule has 0 bridgehead atoms. The molecule has 2 aromatic heterocycles. The van der Waals surface area contributed by atoms with Gasteiger partial charge in [0.1, 0.15) is 11.5 Å². The molecule has 0 saturated heterocycles. The second kappa shape index (κ2) is 7.86. The SMILES string of the molecule is Cc1cc(C)c(NC(=O)c2cc(C(=O)NCc3ccco3)ccn2)c(C)c1. The van der Waals surface area contributed by atoms with Gasteiger partial charge in [0, 0.05) is 17.4 Å². The quantitative estimate of drug-likeness (QED) is 0.722. The number of amides is 2. The molecule has 0 radical (unpaired) electrons. The fraction of sp³-hybridized carbons (Fsp3) is 0.190. The Balaban J connectivity index is 1.73. The van der Waals surface area contributed by atoms with E-state index in [1.165, 1.54) is 12.3 Å². The summed E-state index contributed by atoms with van der Waals surface area (Å²) < 4.78 is 5.19. The minimum atomic E-state index is -0.356. The highest BCUT2D eigenvalue weighted by atomic mass is 16.3. The van der Waals surface area contributed by atoms with E-state index < -0.39 is 0 Å². The normalized spacial score (nSPS) is 10.5. The van der Waals surface area contributed by atoms with Crippen LogP contribution >= 0.6 is 0 Å². The molecule has 3 aromatic rings. The number of rotatable bonds is 5. The second-order valence-electron chi connectivity index (χ2n) is 6.42. The van der Waals surface area contributed by atoms with Crippen molar-refractivity contribution < 1.29 is 14.0 Å². The standard InChI is InChI=1S/C21H21N3O3/c1-13-9-14(2)19(15(3)10-13)24-21(26)18-11-16(6-7-22-18)20(25)23-12-17-5-4-8-27-17/h4-11H,12H2,1-3H3,(H,23,25)(H,24,26). The summed E-state index contributed by atoms with van der Waals surface area (Å²) in [6, 6.07) is 10.6. The van der Waals surface area contributed by atoms with Crippen molar-refractivity contribution in [2.24, 2.45) is 0 Å². The first-order valence-corrected chi connectivity index (χ1v) is 8.60. The van der Waals surface area contributed by atoms with Gasteiger partial charge in [-0.15, -0.1) is 0 Å². The number of hydrogen-bond acceptors (Lipinski definition) is 4. The van der Waals surface area contributed by atoms with Crippen LogP contribution in [0.2, 0.25) is 0 Å². The van der Waals surface area contributed by atoms with Crippen LogP contribution in [0.4, 0.5) is 5.69 Å². The number of nitrogens with zero attached hydrogens (tertiary/aromatic N) is 1. The third kappa shape index (κ3) is 4.41. The number of pyridine rings is 1. The Bertz CT molecular complexity index is 955. The fourth-order valence-corrected chi connectivity index (χ4v) is 2.93. The molecule has 0 unspecified atom stereocenters. The molecule has 0 fully saturated rings. The van der Waals surface area contributed by atoms with Crippen molar-refractivity contribution in [3.05, 3.63) is 82.6 Å². The van der Waals surface area contributed by atoms with E-state index in [1.54, 1.807) is 24.5 Å². The van der Waals surface area contributed by atoms with Crippen molar-refractivity contribution in [2.45, 2.75) is 27.3 Å². The lowest BCUT2D eigenvalue weighted by Gasteiger charge is -2.13. The summed E-state index contributed by atoms with van der Waals surface area (Å²) in [6.07, 6.45) is 3.00. The van der Waals surface area contributed by atoms with Crippen molar-refractivity contribution in [3.8, 4) is 0 Å². The highest BCUT2D eigenvalue weighted by molar-refractivity contribution is 6.05. The van der Waals surface area contributed by atoms with Crippen LogP contribution in [-0.2, 0) is 6.54 Å². The molecule has 27 heavy (non-hydrogen) atoms. The largest absolute Gasteiger partial charge is 0.467 e. The van der Waals surface area contributed by atoms with Gasteiger partial charge in [0.15, 0.2) is 0 Å². The lowest BCUT2D eigenvalue weighted by molar-refractivity contribution is 0.0948. The van der Waals surface area contributed by atoms with Gasteiger partial charge in [0.2, 0.25) is 0 Å². The number of furan rings is 1. The Kier molecular flexibility index (Phi) is 5.35. The van der Waals surface area contributed by atoms with Crippen molar-refractivity contribution in [1.29, 1.82) is 0 Å². The van der Waals surface area contributed by atoms with Crippen molar-refractivity contribution in [1.82, 2.24) is 10.3 Å². The molecule has 0 aliphatic carbocycles. The first-order chi connectivity index (χ1) is 12.9. The highest BCUT2D eigenvalue weighted by Crippen LogP contribution is 2.22. The number of nitrogens with one attached hydrogen (secondary N) is 2. The molecule has 2 heterocycles. The van der Waals surface area contributed by atoms with Gasteiger partial charge in [0.05, 0.1) is 12.8 Å². The molecule has 6 nitrogen and oxygen atoms in total. The molecule has 2 amide bonds. The molecule has 3 rings (SSSR count). The molecule has 0 spiro atoms. The number of aryl methyl sites for hydroxylation is 3. The summed E-state index contributed by atoms with van der Waals surface area (Å²) >= 11 is 0. The van der Waals surface area contributed by atoms with Crippen LogP contribution in [0.1, 0.15) is 43.3 Å². The van der Waals surface area contributed by atoms with Crippen LogP contribution < -0.4 is 10.6 Å². The van der Waals surface area contributed by atoms with E-state index >= 15 is 0 Å². The van der Waals surface area contributed by atoms with E-state index in [9.17, 15) is 9.59 Å². The van der Waals surface area contributed by atoms with Crippen LogP contribution in [0, 0.1) is 20.8 Å². The number of benzene rings is 1. The number of hydrogen-bond donors (Lipinski definition) is 2. The predicted molar refractivity (Wildman–Crippen MR) is 103 cm³/mol. The van der Waals surface area contributed by atoms with E-state index in [4.69, 9.17) is 4.42 Å². The number of anilines is 1. The van der Waals surface area contributed by atoms with Gasteiger partial charge < -0.3 is 15.1 Å². The summed E-state index contributed by atoms with van der Waals surface area (Å²) in [5, 5.41) is 5.64. The zero-order chi connectivity index (χ0) is 19.4. The van der Waals surface area contributed by atoms with Crippen LogP contribution in [0.5, 0.6) is 0 Å². The number of carbonyl (C=O) groups excluding carboxylic acids is 2. The van der Waals surface area contributed by atoms with E-state index in [0.717, 1.165) is 22.4 Å². The Morgan fingerprint density at radius 3 is 2.44 bits per heavy atom. The molecule has 0 aliphatic rings. The van der Waals surface area contributed by atoms with Gasteiger partial charge in [-0.3, -0.25) is 14.6 Å². The lowest BCUT2D eigenvalue weighted by atomic mass is 10.0. The van der Waals surface area contributed by atoms with Crippen LogP contribution in [0.3, 0.4) is 0 Å². The molecule has 0 saturated carbocycles. The molecule has 0 aliphatic heterocycles.